The fraction of sp³-hybridized carbons (Fsp3) is 0.643. The summed E-state index contributed by atoms with van der Waals surface area (Å²) in [6, 6.07) is 4.71. The average Bonchev–Trinajstić information content (AvgIpc) is 3.12. The van der Waals surface area contributed by atoms with Crippen LogP contribution in [0.3, 0.4) is 0 Å². The molecule has 1 amide bonds. The SMILES string of the molecule is O=C1CNC(c2cccs2)N1C1CC2CCC1C2. The molecule has 4 unspecified atom stereocenters. The summed E-state index contributed by atoms with van der Waals surface area (Å²) in [5.74, 6) is 1.95. The van der Waals surface area contributed by atoms with E-state index in [0.29, 0.717) is 18.5 Å². The molecule has 0 radical (unpaired) electrons. The number of hydrogen-bond donors (Lipinski definition) is 1. The lowest BCUT2D eigenvalue weighted by Crippen LogP contribution is -2.42. The summed E-state index contributed by atoms with van der Waals surface area (Å²) in [6.07, 6.45) is 5.45. The first-order valence-electron chi connectivity index (χ1n) is 6.91. The molecule has 4 atom stereocenters. The van der Waals surface area contributed by atoms with Crippen molar-refractivity contribution in [2.24, 2.45) is 11.8 Å². The molecule has 1 aliphatic heterocycles. The van der Waals surface area contributed by atoms with Gasteiger partial charge in [-0.3, -0.25) is 10.1 Å². The molecule has 1 aromatic rings. The highest BCUT2D eigenvalue weighted by molar-refractivity contribution is 7.10. The monoisotopic (exact) mass is 262 g/mol. The van der Waals surface area contributed by atoms with E-state index in [1.807, 2.05) is 0 Å². The van der Waals surface area contributed by atoms with Gasteiger partial charge in [-0.1, -0.05) is 12.5 Å². The van der Waals surface area contributed by atoms with Crippen molar-refractivity contribution in [2.75, 3.05) is 6.54 Å². The second-order valence-corrected chi connectivity index (χ2v) is 6.82. The smallest absolute Gasteiger partial charge is 0.238 e. The lowest BCUT2D eigenvalue weighted by Gasteiger charge is -2.35. The standard InChI is InChI=1S/C14H18N2OS/c17-13-8-15-14(12-2-1-5-18-12)16(13)11-7-9-3-4-10(11)6-9/h1-2,5,9-11,14-15H,3-4,6-8H2. The van der Waals surface area contributed by atoms with Crippen LogP contribution in [0, 0.1) is 11.8 Å². The summed E-state index contributed by atoms with van der Waals surface area (Å²) < 4.78 is 0. The van der Waals surface area contributed by atoms with E-state index in [9.17, 15) is 4.79 Å². The number of hydrogen-bond acceptors (Lipinski definition) is 3. The molecule has 1 saturated heterocycles. The van der Waals surface area contributed by atoms with Crippen LogP contribution in [0.2, 0.25) is 0 Å². The molecule has 96 valence electrons. The predicted octanol–water partition coefficient (Wildman–Crippen LogP) is 2.37. The summed E-state index contributed by atoms with van der Waals surface area (Å²) in [6.45, 7) is 0.510. The molecular formula is C14H18N2OS. The molecule has 2 bridgehead atoms. The summed E-state index contributed by atoms with van der Waals surface area (Å²) in [5.41, 5.74) is 0. The average molecular weight is 262 g/mol. The number of thiophene rings is 1. The first kappa shape index (κ1) is 11.0. The van der Waals surface area contributed by atoms with Crippen molar-refractivity contribution >= 4 is 17.2 Å². The van der Waals surface area contributed by atoms with Gasteiger partial charge < -0.3 is 4.90 Å². The molecule has 1 aromatic heterocycles. The van der Waals surface area contributed by atoms with Crippen LogP contribution < -0.4 is 5.32 Å². The number of nitrogens with one attached hydrogen (secondary N) is 1. The molecule has 18 heavy (non-hydrogen) atoms. The maximum absolute atomic E-state index is 12.2. The molecule has 2 aliphatic carbocycles. The van der Waals surface area contributed by atoms with Crippen molar-refractivity contribution in [1.82, 2.24) is 10.2 Å². The third-order valence-electron chi connectivity index (χ3n) is 4.88. The summed E-state index contributed by atoms with van der Waals surface area (Å²) in [5, 5.41) is 5.48. The van der Waals surface area contributed by atoms with Crippen LogP contribution in [-0.2, 0) is 4.79 Å². The third-order valence-corrected chi connectivity index (χ3v) is 5.81. The topological polar surface area (TPSA) is 32.3 Å². The van der Waals surface area contributed by atoms with Gasteiger partial charge in [0.2, 0.25) is 5.91 Å². The number of rotatable bonds is 2. The van der Waals surface area contributed by atoms with Crippen LogP contribution in [0.25, 0.3) is 0 Å². The fourth-order valence-electron chi connectivity index (χ4n) is 4.13. The summed E-state index contributed by atoms with van der Waals surface area (Å²) in [4.78, 5) is 15.7. The Labute approximate surface area is 111 Å². The zero-order valence-corrected chi connectivity index (χ0v) is 11.2. The molecule has 2 saturated carbocycles. The molecule has 1 N–H and O–H groups in total. The maximum Gasteiger partial charge on any atom is 0.238 e. The second kappa shape index (κ2) is 4.07. The lowest BCUT2D eigenvalue weighted by atomic mass is 9.93. The third kappa shape index (κ3) is 1.55. The van der Waals surface area contributed by atoms with Gasteiger partial charge in [-0.15, -0.1) is 11.3 Å². The van der Waals surface area contributed by atoms with E-state index in [-0.39, 0.29) is 6.17 Å². The molecular weight excluding hydrogens is 244 g/mol. The number of fused-ring (bicyclic) bond motifs is 2. The Morgan fingerprint density at radius 3 is 2.94 bits per heavy atom. The zero-order valence-electron chi connectivity index (χ0n) is 10.3. The van der Waals surface area contributed by atoms with Gasteiger partial charge in [-0.2, -0.15) is 0 Å². The molecule has 2 heterocycles. The predicted molar refractivity (Wildman–Crippen MR) is 71.1 cm³/mol. The van der Waals surface area contributed by atoms with Crippen molar-refractivity contribution in [1.29, 1.82) is 0 Å². The van der Waals surface area contributed by atoms with E-state index in [1.54, 1.807) is 11.3 Å². The van der Waals surface area contributed by atoms with Gasteiger partial charge in [-0.05, 0) is 42.5 Å². The van der Waals surface area contributed by atoms with E-state index in [2.05, 4.69) is 27.7 Å². The molecule has 3 aliphatic rings. The molecule has 3 fully saturated rings. The van der Waals surface area contributed by atoms with Gasteiger partial charge in [0.15, 0.2) is 0 Å². The van der Waals surface area contributed by atoms with Gasteiger partial charge in [0, 0.05) is 10.9 Å². The molecule has 0 aromatic carbocycles. The first-order chi connectivity index (χ1) is 8.83. The minimum absolute atomic E-state index is 0.141. The van der Waals surface area contributed by atoms with E-state index >= 15 is 0 Å². The van der Waals surface area contributed by atoms with Crippen LogP contribution in [0.1, 0.15) is 36.7 Å². The Kier molecular flexibility index (Phi) is 2.49. The minimum atomic E-state index is 0.141. The highest BCUT2D eigenvalue weighted by Crippen LogP contribution is 2.48. The van der Waals surface area contributed by atoms with Crippen LogP contribution in [0.15, 0.2) is 17.5 Å². The molecule has 4 rings (SSSR count). The Hall–Kier alpha value is -0.870. The quantitative estimate of drug-likeness (QED) is 0.887. The Bertz CT molecular complexity index is 458. The molecule has 3 nitrogen and oxygen atoms in total. The minimum Gasteiger partial charge on any atom is -0.318 e. The first-order valence-corrected chi connectivity index (χ1v) is 7.79. The Morgan fingerprint density at radius 2 is 2.28 bits per heavy atom. The van der Waals surface area contributed by atoms with E-state index in [1.165, 1.54) is 30.6 Å². The van der Waals surface area contributed by atoms with Crippen molar-refractivity contribution < 1.29 is 4.79 Å². The molecule has 0 spiro atoms. The van der Waals surface area contributed by atoms with Crippen LogP contribution in [-0.4, -0.2) is 23.4 Å². The normalized spacial score (nSPS) is 38.9. The van der Waals surface area contributed by atoms with Gasteiger partial charge in [0.25, 0.3) is 0 Å². The summed E-state index contributed by atoms with van der Waals surface area (Å²) >= 11 is 1.75. The fourth-order valence-corrected chi connectivity index (χ4v) is 4.93. The lowest BCUT2D eigenvalue weighted by molar-refractivity contribution is -0.131. The van der Waals surface area contributed by atoms with Crippen molar-refractivity contribution in [3.63, 3.8) is 0 Å². The number of carbonyl (C=O) groups is 1. The number of carbonyl (C=O) groups excluding carboxylic acids is 1. The second-order valence-electron chi connectivity index (χ2n) is 5.84. The largest absolute Gasteiger partial charge is 0.318 e. The van der Waals surface area contributed by atoms with Gasteiger partial charge >= 0.3 is 0 Å². The number of amides is 1. The highest BCUT2D eigenvalue weighted by atomic mass is 32.1. The zero-order chi connectivity index (χ0) is 12.1. The van der Waals surface area contributed by atoms with Gasteiger partial charge in [0.05, 0.1) is 6.54 Å². The van der Waals surface area contributed by atoms with Crippen molar-refractivity contribution in [3.8, 4) is 0 Å². The van der Waals surface area contributed by atoms with Crippen molar-refractivity contribution in [3.05, 3.63) is 22.4 Å². The van der Waals surface area contributed by atoms with Crippen molar-refractivity contribution in [2.45, 2.75) is 37.9 Å². The van der Waals surface area contributed by atoms with Gasteiger partial charge in [-0.25, -0.2) is 0 Å². The van der Waals surface area contributed by atoms with E-state index in [0.717, 1.165) is 11.8 Å². The van der Waals surface area contributed by atoms with Crippen LogP contribution in [0.5, 0.6) is 0 Å². The number of nitrogens with zero attached hydrogens (tertiary/aromatic N) is 1. The van der Waals surface area contributed by atoms with E-state index in [4.69, 9.17) is 0 Å². The Morgan fingerprint density at radius 1 is 1.33 bits per heavy atom. The summed E-state index contributed by atoms with van der Waals surface area (Å²) in [7, 11) is 0. The van der Waals surface area contributed by atoms with Crippen LogP contribution in [0.4, 0.5) is 0 Å². The van der Waals surface area contributed by atoms with Crippen LogP contribution >= 0.6 is 11.3 Å². The van der Waals surface area contributed by atoms with E-state index < -0.39 is 0 Å². The Balaban J connectivity index is 1.63. The maximum atomic E-state index is 12.2. The molecule has 4 heteroatoms. The van der Waals surface area contributed by atoms with Gasteiger partial charge in [0.1, 0.15) is 6.17 Å². The highest BCUT2D eigenvalue weighted by Gasteiger charge is 2.47.